The van der Waals surface area contributed by atoms with E-state index in [1.54, 1.807) is 222 Å². The average Bonchev–Trinajstić information content (AvgIpc) is 0.800. The monoisotopic (exact) mass is 1680 g/mol. The van der Waals surface area contributed by atoms with Crippen LogP contribution in [0.25, 0.3) is 0 Å². The van der Waals surface area contributed by atoms with Crippen molar-refractivity contribution in [2.24, 2.45) is 0 Å². The minimum Gasteiger partial charge on any atom is -0.465 e. The minimum atomic E-state index is -0.857. The van der Waals surface area contributed by atoms with Crippen molar-refractivity contribution in [1.29, 1.82) is 0 Å². The van der Waals surface area contributed by atoms with Crippen LogP contribution < -0.4 is 9.47 Å². The molecule has 117 heavy (non-hydrogen) atoms. The normalized spacial score (nSPS) is 20.1. The van der Waals surface area contributed by atoms with E-state index in [0.29, 0.717) is 11.5 Å². The number of hydrogen-bond donors (Lipinski definition) is 0. The highest BCUT2D eigenvalue weighted by Crippen LogP contribution is 2.34. The first-order valence-corrected chi connectivity index (χ1v) is 40.0. The molecule has 34 heteroatoms. The fraction of sp³-hybridized carbons (Fsp3) is 0.783. The molecule has 680 valence electrons. The molecule has 0 amide bonds. The molecule has 0 bridgehead atoms. The Morgan fingerprint density at radius 2 is 0.316 bits per heavy atom. The van der Waals surface area contributed by atoms with Crippen molar-refractivity contribution in [2.45, 2.75) is 430 Å². The van der Waals surface area contributed by atoms with Crippen molar-refractivity contribution >= 4 is 11.9 Å². The molecule has 0 aliphatic rings. The van der Waals surface area contributed by atoms with E-state index in [4.69, 9.17) is 152 Å². The number of esters is 2. The van der Waals surface area contributed by atoms with E-state index in [1.807, 2.05) is 48.5 Å². The van der Waals surface area contributed by atoms with Crippen molar-refractivity contribution in [2.75, 3.05) is 0 Å². The van der Waals surface area contributed by atoms with E-state index in [0.717, 1.165) is 11.1 Å². The van der Waals surface area contributed by atoms with Gasteiger partial charge in [0.25, 0.3) is 0 Å². The zero-order valence-electron chi connectivity index (χ0n) is 75.7. The third kappa shape index (κ3) is 49.9. The van der Waals surface area contributed by atoms with Crippen LogP contribution in [0.1, 0.15) is 247 Å². The lowest BCUT2D eigenvalue weighted by Gasteiger charge is -2.29. The highest BCUT2D eigenvalue weighted by Gasteiger charge is 2.30. The van der Waals surface area contributed by atoms with Crippen LogP contribution in [-0.2, 0) is 157 Å². The molecule has 0 aliphatic heterocycles. The van der Waals surface area contributed by atoms with Crippen LogP contribution in [-0.4, -0.2) is 201 Å². The second kappa shape index (κ2) is 56.2. The Hall–Kier alpha value is -4.66. The van der Waals surface area contributed by atoms with Gasteiger partial charge < -0.3 is 152 Å². The van der Waals surface area contributed by atoms with Gasteiger partial charge in [-0.05, 0) is 257 Å². The number of carbonyl (C=O) groups is 2. The lowest BCUT2D eigenvalue weighted by molar-refractivity contribution is -0.359. The minimum absolute atomic E-state index is 0.256. The van der Waals surface area contributed by atoms with Gasteiger partial charge in [-0.25, -0.2) is 9.59 Å². The van der Waals surface area contributed by atoms with E-state index in [-0.39, 0.29) is 16.6 Å². The van der Waals surface area contributed by atoms with Crippen molar-refractivity contribution in [3.8, 4) is 11.5 Å². The predicted octanol–water partition coefficient (Wildman–Crippen LogP) is 15.9. The van der Waals surface area contributed by atoms with E-state index in [9.17, 15) is 9.59 Å². The van der Waals surface area contributed by atoms with Gasteiger partial charge in [0.1, 0.15) is 11.5 Å². The van der Waals surface area contributed by atoms with Crippen molar-refractivity contribution in [3.05, 3.63) is 84.0 Å². The number of carbonyl (C=O) groups excluding carboxylic acids is 2. The van der Waals surface area contributed by atoms with E-state index in [2.05, 4.69) is 27.0 Å². The van der Waals surface area contributed by atoms with Gasteiger partial charge in [-0.1, -0.05) is 51.3 Å². The summed E-state index contributed by atoms with van der Waals surface area (Å²) in [6, 6.07) is 15.7. The molecule has 2 aromatic carbocycles. The molecule has 30 unspecified atom stereocenters. The maximum absolute atomic E-state index is 11.7. The fourth-order valence-corrected chi connectivity index (χ4v) is 11.5. The summed E-state index contributed by atoms with van der Waals surface area (Å²) in [5.74, 6) is 0.0863. The second-order valence-electron chi connectivity index (χ2n) is 28.1. The smallest absolute Gasteiger partial charge is 0.335 e. The maximum atomic E-state index is 11.7. The van der Waals surface area contributed by atoms with Gasteiger partial charge in [-0.2, -0.15) is 0 Å². The molecule has 0 spiro atoms. The molecule has 30 atom stereocenters. The van der Waals surface area contributed by atoms with Crippen LogP contribution in [0.15, 0.2) is 72.8 Å². The Bertz CT molecular complexity index is 2800. The van der Waals surface area contributed by atoms with Crippen molar-refractivity contribution in [1.82, 2.24) is 0 Å². The fourth-order valence-electron chi connectivity index (χ4n) is 11.5. The third-order valence-corrected chi connectivity index (χ3v) is 15.7. The summed E-state index contributed by atoms with van der Waals surface area (Å²) in [5.41, 5.74) is 2.25. The molecule has 2 aromatic rings. The quantitative estimate of drug-likeness (QED) is 0.0337. The molecule has 2 rings (SSSR count). The molecule has 0 radical (unpaired) electrons. The van der Waals surface area contributed by atoms with Gasteiger partial charge >= 0.3 is 11.9 Å². The van der Waals surface area contributed by atoms with Crippen LogP contribution in [0.4, 0.5) is 0 Å². The van der Waals surface area contributed by atoms with Crippen molar-refractivity contribution in [3.63, 3.8) is 0 Å². The van der Waals surface area contributed by atoms with Crippen molar-refractivity contribution < 1.29 is 161 Å². The number of hydrogen-bond acceptors (Lipinski definition) is 34. The lowest BCUT2D eigenvalue weighted by atomic mass is 9.78. The Morgan fingerprint density at radius 1 is 0.205 bits per heavy atom. The summed E-state index contributed by atoms with van der Waals surface area (Å²) in [5, 5.41) is 0. The Morgan fingerprint density at radius 3 is 0.436 bits per heavy atom. The highest BCUT2D eigenvalue weighted by molar-refractivity contribution is 5.87. The number of benzene rings is 2. The summed E-state index contributed by atoms with van der Waals surface area (Å²) in [6.07, 6.45) is -22.2. The van der Waals surface area contributed by atoms with Gasteiger partial charge in [0, 0.05) is 16.6 Å². The first-order chi connectivity index (χ1) is 54.4. The van der Waals surface area contributed by atoms with Crippen LogP contribution in [0.2, 0.25) is 0 Å². The third-order valence-electron chi connectivity index (χ3n) is 15.7. The largest absolute Gasteiger partial charge is 0.465 e. The molecule has 34 nitrogen and oxygen atoms in total. The zero-order chi connectivity index (χ0) is 88.7. The molecule has 0 heterocycles. The summed E-state index contributed by atoms with van der Waals surface area (Å²) in [4.78, 5) is 23.5. The summed E-state index contributed by atoms with van der Waals surface area (Å²) < 4.78 is 186. The molecular weight excluding hydrogens is 1540 g/mol. The molecule has 0 aliphatic carbocycles. The zero-order valence-corrected chi connectivity index (χ0v) is 75.7. The summed E-state index contributed by atoms with van der Waals surface area (Å²) in [7, 11) is 0. The van der Waals surface area contributed by atoms with E-state index < -0.39 is 201 Å². The summed E-state index contributed by atoms with van der Waals surface area (Å²) in [6.45, 7) is 65.4. The topological polar surface area (TPSA) is 330 Å². The van der Waals surface area contributed by atoms with Crippen LogP contribution in [0.5, 0.6) is 11.5 Å². The first kappa shape index (κ1) is 108. The average molecular weight is 1690 g/mol. The van der Waals surface area contributed by atoms with Crippen LogP contribution >= 0.6 is 0 Å². The Labute approximate surface area is 695 Å². The highest BCUT2D eigenvalue weighted by atomic mass is 16.9. The van der Waals surface area contributed by atoms with Gasteiger partial charge in [0.15, 0.2) is 176 Å². The van der Waals surface area contributed by atoms with Crippen LogP contribution in [0.3, 0.4) is 0 Å². The maximum Gasteiger partial charge on any atom is 0.335 e. The van der Waals surface area contributed by atoms with E-state index in [1.165, 1.54) is 0 Å². The molecule has 0 fully saturated rings. The number of rotatable bonds is 66. The first-order valence-electron chi connectivity index (χ1n) is 40.0. The van der Waals surface area contributed by atoms with Gasteiger partial charge in [0.05, 0.1) is 0 Å². The molecule has 0 saturated carbocycles. The van der Waals surface area contributed by atoms with E-state index >= 15 is 0 Å². The van der Waals surface area contributed by atoms with Crippen LogP contribution in [0, 0.1) is 0 Å². The van der Waals surface area contributed by atoms with Gasteiger partial charge in [0.2, 0.25) is 12.6 Å². The van der Waals surface area contributed by atoms with Gasteiger partial charge in [-0.15, -0.1) is 0 Å². The molecular formula is C83H144O34. The predicted molar refractivity (Wildman–Crippen MR) is 422 cm³/mol. The van der Waals surface area contributed by atoms with Gasteiger partial charge in [-0.3, -0.25) is 0 Å². The lowest BCUT2D eigenvalue weighted by Crippen LogP contribution is -2.35. The standard InChI is InChI=1S/C83H144O34/c1-45(2)81(84)116-75(33)112-71(29)108-67(25)104-63(21)100-59(17)96-55(13)92-51(9)88-47(5)86-49(7)90-53(11)94-57(15)98-61(19)102-65(23)106-69(27)110-73(31)114-79-41-37-77(38-42-79)83(35,36)78-39-43-80(44-40-78)115-74(32)111-70(28)107-66(24)103-62(20)99-58(16)95-54(12)91-50(8)87-48(6)89-52(10)93-56(14)97-60(18)101-64(22)105-68(26)109-72(30)113-76(34)117-82(85)46(3)4/h37-44,47-76H,1,3H2,2,4-36H3. The number of ether oxygens (including phenoxy) is 32. The Balaban J connectivity index is 1.68. The molecule has 0 saturated heterocycles. The molecule has 0 N–H and O–H groups in total. The SMILES string of the molecule is C=C(C)C(=O)OC(C)OC(C)OC(C)OC(C)OC(C)OC(C)OC(C)OC(C)OC(C)OC(C)OC(C)OC(C)OC(C)OC(C)OC(C)Oc1ccc(C(C)(C)c2ccc(OC(C)OC(C)OC(C)OC(C)OC(C)OC(C)OC(C)OC(C)OC(C)OC(C)OC(C)OC(C)OC(C)OC(C)OC(C)OC(=O)C(=C)C)cc2)cc1. The Kier molecular flexibility index (Phi) is 52.1. The molecule has 0 aromatic heterocycles. The second-order valence-corrected chi connectivity index (χ2v) is 28.1. The summed E-state index contributed by atoms with van der Waals surface area (Å²) >= 11 is 0.